The maximum absolute atomic E-state index is 13.2. The number of aromatic amines is 1. The van der Waals surface area contributed by atoms with Crippen LogP contribution >= 0.6 is 23.4 Å². The van der Waals surface area contributed by atoms with Gasteiger partial charge in [0.25, 0.3) is 17.3 Å². The van der Waals surface area contributed by atoms with Crippen LogP contribution in [-0.4, -0.2) is 35.0 Å². The van der Waals surface area contributed by atoms with Gasteiger partial charge in [-0.3, -0.25) is 9.59 Å². The maximum Gasteiger partial charge on any atom is 0.254 e. The number of fused-ring (bicyclic) bond motifs is 1. The van der Waals surface area contributed by atoms with Crippen LogP contribution in [0.3, 0.4) is 0 Å². The number of pyridine rings is 1. The number of hydrogen-bond donors (Lipinski definition) is 3. The molecule has 1 amide bonds. The highest BCUT2D eigenvalue weighted by molar-refractivity contribution is 7.98. The molecule has 2 fully saturated rings. The quantitative estimate of drug-likeness (QED) is 0.308. The Balaban J connectivity index is 1.24. The molecule has 1 unspecified atom stereocenters. The van der Waals surface area contributed by atoms with Crippen molar-refractivity contribution in [1.82, 2.24) is 15.6 Å². The number of aryl methyl sites for hydroxylation is 1. The molecule has 3 aliphatic rings. The lowest BCUT2D eigenvalue weighted by Gasteiger charge is -2.41. The number of ether oxygens (including phenoxy) is 2. The summed E-state index contributed by atoms with van der Waals surface area (Å²) in [5, 5.41) is 6.99. The van der Waals surface area contributed by atoms with E-state index in [-0.39, 0.29) is 23.9 Å². The number of carbonyl (C=O) groups is 1. The molecule has 3 N–H and O–H groups in total. The van der Waals surface area contributed by atoms with Crippen LogP contribution in [0.15, 0.2) is 21.8 Å². The van der Waals surface area contributed by atoms with Gasteiger partial charge in [0.05, 0.1) is 5.02 Å². The number of amides is 1. The number of thioether (sulfide) groups is 1. The van der Waals surface area contributed by atoms with Crippen LogP contribution in [0.1, 0.15) is 72.6 Å². The van der Waals surface area contributed by atoms with Gasteiger partial charge in [-0.1, -0.05) is 11.6 Å². The molecule has 1 aliphatic heterocycles. The summed E-state index contributed by atoms with van der Waals surface area (Å²) in [6.45, 7) is 5.75. The van der Waals surface area contributed by atoms with Gasteiger partial charge in [-0.15, -0.1) is 24.1 Å². The predicted octanol–water partition coefficient (Wildman–Crippen LogP) is 5.34. The molecule has 2 heterocycles. The second kappa shape index (κ2) is 11.1. The van der Waals surface area contributed by atoms with Gasteiger partial charge in [-0.05, 0) is 70.8 Å². The average Bonchev–Trinajstić information content (AvgIpc) is 3.27. The van der Waals surface area contributed by atoms with E-state index in [1.165, 1.54) is 11.8 Å². The summed E-state index contributed by atoms with van der Waals surface area (Å²) in [5.41, 5.74) is 2.17. The van der Waals surface area contributed by atoms with E-state index in [0.29, 0.717) is 51.2 Å². The fourth-order valence-electron chi connectivity index (χ4n) is 6.06. The lowest BCUT2D eigenvalue weighted by molar-refractivity contribution is -0.121. The SMILES string of the molecule is C#CC1CC(NC2CCC(C3(C)Oc4c(Cl)cc(C(=O)NCc5c(SC)cc(C)[nH]c5=O)c(C)c4O3)CC2)C1. The molecule has 0 saturated heterocycles. The first-order chi connectivity index (χ1) is 18.6. The van der Waals surface area contributed by atoms with Crippen LogP contribution in [0.4, 0.5) is 0 Å². The van der Waals surface area contributed by atoms with Crippen molar-refractivity contribution >= 4 is 29.3 Å². The number of aromatic nitrogens is 1. The molecule has 1 aromatic carbocycles. The standard InChI is InChI=1S/C30H36ClN3O4S/c1-6-18-12-21(13-18)34-20-9-7-19(8-10-20)30(4)37-26-17(3)22(14-24(31)27(26)38-30)28(35)32-15-23-25(39-5)11-16(2)33-29(23)36/h1,11,14,18-21,34H,7-10,12-13,15H2,2-5H3,(H,32,35)(H,33,36). The molecule has 2 saturated carbocycles. The van der Waals surface area contributed by atoms with Crippen LogP contribution < -0.4 is 25.7 Å². The summed E-state index contributed by atoms with van der Waals surface area (Å²) in [4.78, 5) is 29.4. The van der Waals surface area contributed by atoms with E-state index in [0.717, 1.165) is 49.1 Å². The zero-order valence-electron chi connectivity index (χ0n) is 22.9. The van der Waals surface area contributed by atoms with Crippen molar-refractivity contribution < 1.29 is 14.3 Å². The van der Waals surface area contributed by atoms with E-state index in [1.807, 2.05) is 33.1 Å². The molecule has 2 aromatic rings. The topological polar surface area (TPSA) is 92.5 Å². The minimum atomic E-state index is -0.843. The number of halogens is 1. The first kappa shape index (κ1) is 27.9. The molecule has 208 valence electrons. The number of rotatable bonds is 7. The molecule has 1 atom stereocenters. The Labute approximate surface area is 239 Å². The summed E-state index contributed by atoms with van der Waals surface area (Å²) in [6.07, 6.45) is 13.6. The van der Waals surface area contributed by atoms with Gasteiger partial charge in [0.1, 0.15) is 0 Å². The minimum absolute atomic E-state index is 0.107. The molecule has 2 aliphatic carbocycles. The summed E-state index contributed by atoms with van der Waals surface area (Å²) >= 11 is 8.10. The van der Waals surface area contributed by atoms with Crippen LogP contribution in [-0.2, 0) is 6.54 Å². The lowest BCUT2D eigenvalue weighted by atomic mass is 9.77. The Morgan fingerprint density at radius 2 is 1.87 bits per heavy atom. The largest absolute Gasteiger partial charge is 0.448 e. The minimum Gasteiger partial charge on any atom is -0.448 e. The Hall–Kier alpha value is -2.60. The monoisotopic (exact) mass is 569 g/mol. The van der Waals surface area contributed by atoms with Crippen LogP contribution in [0.25, 0.3) is 0 Å². The van der Waals surface area contributed by atoms with E-state index >= 15 is 0 Å². The highest BCUT2D eigenvalue weighted by atomic mass is 35.5. The third-order valence-corrected chi connectivity index (χ3v) is 9.57. The number of nitrogens with one attached hydrogen (secondary N) is 3. The number of carbonyl (C=O) groups excluding carboxylic acids is 1. The van der Waals surface area contributed by atoms with E-state index in [1.54, 1.807) is 6.07 Å². The van der Waals surface area contributed by atoms with Gasteiger partial charge in [0.2, 0.25) is 0 Å². The highest BCUT2D eigenvalue weighted by Crippen LogP contribution is 2.51. The second-order valence-corrected chi connectivity index (χ2v) is 12.4. The fraction of sp³-hybridized carbons (Fsp3) is 0.533. The van der Waals surface area contributed by atoms with Crippen molar-refractivity contribution in [1.29, 1.82) is 0 Å². The molecular formula is C30H36ClN3O4S. The fourth-order valence-corrected chi connectivity index (χ4v) is 7.00. The molecule has 0 bridgehead atoms. The van der Waals surface area contributed by atoms with E-state index in [2.05, 4.69) is 21.5 Å². The summed E-state index contributed by atoms with van der Waals surface area (Å²) < 4.78 is 12.8. The van der Waals surface area contributed by atoms with Crippen molar-refractivity contribution in [3.63, 3.8) is 0 Å². The van der Waals surface area contributed by atoms with Gasteiger partial charge in [-0.2, -0.15) is 0 Å². The van der Waals surface area contributed by atoms with E-state index < -0.39 is 5.79 Å². The summed E-state index contributed by atoms with van der Waals surface area (Å²) in [5.74, 6) is 3.31. The Kier molecular flexibility index (Phi) is 7.96. The van der Waals surface area contributed by atoms with Gasteiger partial charge in [0, 0.05) is 64.7 Å². The van der Waals surface area contributed by atoms with Gasteiger partial charge in [0.15, 0.2) is 11.5 Å². The van der Waals surface area contributed by atoms with E-state index in [9.17, 15) is 9.59 Å². The molecule has 5 rings (SSSR count). The highest BCUT2D eigenvalue weighted by Gasteiger charge is 2.47. The first-order valence-corrected chi connectivity index (χ1v) is 15.2. The zero-order chi connectivity index (χ0) is 27.9. The lowest BCUT2D eigenvalue weighted by Crippen LogP contribution is -2.50. The molecule has 39 heavy (non-hydrogen) atoms. The number of benzene rings is 1. The molecule has 1 aromatic heterocycles. The third-order valence-electron chi connectivity index (χ3n) is 8.48. The molecule has 7 nitrogen and oxygen atoms in total. The van der Waals surface area contributed by atoms with Crippen LogP contribution in [0, 0.1) is 38.0 Å². The molecule has 0 spiro atoms. The van der Waals surface area contributed by atoms with Crippen LogP contribution in [0.5, 0.6) is 11.5 Å². The van der Waals surface area contributed by atoms with Crippen molar-refractivity contribution in [2.45, 2.75) is 88.6 Å². The Bertz CT molecular complexity index is 1370. The smallest absolute Gasteiger partial charge is 0.254 e. The van der Waals surface area contributed by atoms with Gasteiger partial charge >= 0.3 is 0 Å². The average molecular weight is 570 g/mol. The maximum atomic E-state index is 13.2. The second-order valence-electron chi connectivity index (χ2n) is 11.2. The van der Waals surface area contributed by atoms with Crippen molar-refractivity contribution in [2.75, 3.05) is 6.26 Å². The van der Waals surface area contributed by atoms with Crippen molar-refractivity contribution in [3.8, 4) is 23.8 Å². The Morgan fingerprint density at radius 1 is 1.18 bits per heavy atom. The molecule has 0 radical (unpaired) electrons. The molecule has 9 heteroatoms. The number of terminal acetylenes is 1. The van der Waals surface area contributed by atoms with Crippen LogP contribution in [0.2, 0.25) is 5.02 Å². The summed E-state index contributed by atoms with van der Waals surface area (Å²) in [7, 11) is 0. The predicted molar refractivity (Wildman–Crippen MR) is 155 cm³/mol. The van der Waals surface area contributed by atoms with Gasteiger partial charge in [-0.25, -0.2) is 0 Å². The van der Waals surface area contributed by atoms with E-state index in [4.69, 9.17) is 27.5 Å². The van der Waals surface area contributed by atoms with Crippen molar-refractivity contribution in [2.24, 2.45) is 11.8 Å². The zero-order valence-corrected chi connectivity index (χ0v) is 24.5. The number of hydrogen-bond acceptors (Lipinski definition) is 6. The third kappa shape index (κ3) is 5.54. The summed E-state index contributed by atoms with van der Waals surface area (Å²) in [6, 6.07) is 4.56. The normalized spacial score (nSPS) is 27.5. The Morgan fingerprint density at radius 3 is 2.54 bits per heavy atom. The van der Waals surface area contributed by atoms with Crippen molar-refractivity contribution in [3.05, 3.63) is 49.9 Å². The molecular weight excluding hydrogens is 534 g/mol. The van der Waals surface area contributed by atoms with Gasteiger partial charge < -0.3 is 25.1 Å². The first-order valence-electron chi connectivity index (χ1n) is 13.6. The number of H-pyrrole nitrogens is 1.